The van der Waals surface area contributed by atoms with Crippen LogP contribution in [0.25, 0.3) is 0 Å². The summed E-state index contributed by atoms with van der Waals surface area (Å²) < 4.78 is 74.6. The third-order valence-corrected chi connectivity index (χ3v) is 1.92. The maximum absolute atomic E-state index is 12.4. The molecule has 0 radical (unpaired) electrons. The van der Waals surface area contributed by atoms with E-state index in [2.05, 4.69) is 5.73 Å². The predicted molar refractivity (Wildman–Crippen MR) is 52.5 cm³/mol. The van der Waals surface area contributed by atoms with Crippen molar-refractivity contribution >= 4 is 5.91 Å². The smallest absolute Gasteiger partial charge is 0.359 e. The third kappa shape index (κ3) is 4.21. The van der Waals surface area contributed by atoms with E-state index < -0.39 is 35.0 Å². The highest BCUT2D eigenvalue weighted by atomic mass is 19.4. The first-order chi connectivity index (χ1) is 8.50. The molecule has 0 heterocycles. The van der Waals surface area contributed by atoms with Gasteiger partial charge < -0.3 is 5.73 Å². The second-order valence-corrected chi connectivity index (χ2v) is 3.41. The van der Waals surface area contributed by atoms with Gasteiger partial charge in [-0.2, -0.15) is 26.3 Å². The first-order valence-electron chi connectivity index (χ1n) is 4.61. The molecular weight excluding hydrogens is 276 g/mol. The zero-order valence-electron chi connectivity index (χ0n) is 8.99. The lowest BCUT2D eigenvalue weighted by Gasteiger charge is -2.12. The molecular formula is C11H5F6NO. The van der Waals surface area contributed by atoms with Gasteiger partial charge in [-0.1, -0.05) is 5.92 Å². The summed E-state index contributed by atoms with van der Waals surface area (Å²) in [5, 5.41) is 0. The second-order valence-electron chi connectivity index (χ2n) is 3.41. The Balaban J connectivity index is 3.43. The Hall–Kier alpha value is -2.17. The summed E-state index contributed by atoms with van der Waals surface area (Å²) in [5.41, 5.74) is 1.03. The molecule has 0 aliphatic heterocycles. The van der Waals surface area contributed by atoms with E-state index in [1.54, 1.807) is 5.92 Å². The molecule has 0 saturated carbocycles. The van der Waals surface area contributed by atoms with E-state index in [0.29, 0.717) is 12.1 Å². The Labute approximate surface area is 103 Å². The molecule has 1 amide bonds. The molecule has 0 aliphatic rings. The van der Waals surface area contributed by atoms with Crippen LogP contribution in [0.5, 0.6) is 0 Å². The molecule has 0 aliphatic carbocycles. The maximum Gasteiger partial charge on any atom is 0.416 e. The van der Waals surface area contributed by atoms with Gasteiger partial charge >= 0.3 is 12.4 Å². The van der Waals surface area contributed by atoms with E-state index in [4.69, 9.17) is 0 Å². The number of nitrogens with two attached hydrogens (primary N) is 1. The minimum Gasteiger partial charge on any atom is -0.359 e. The van der Waals surface area contributed by atoms with E-state index in [1.165, 1.54) is 0 Å². The number of primary amides is 1. The van der Waals surface area contributed by atoms with Gasteiger partial charge in [0.15, 0.2) is 0 Å². The summed E-state index contributed by atoms with van der Waals surface area (Å²) in [6.45, 7) is 0. The lowest BCUT2D eigenvalue weighted by molar-refractivity contribution is -0.143. The molecule has 0 unspecified atom stereocenters. The van der Waals surface area contributed by atoms with Gasteiger partial charge in [-0.3, -0.25) is 4.79 Å². The highest BCUT2D eigenvalue weighted by Gasteiger charge is 2.36. The molecule has 0 aromatic heterocycles. The average Bonchev–Trinajstić information content (AvgIpc) is 2.23. The number of halogens is 6. The van der Waals surface area contributed by atoms with Gasteiger partial charge in [0.25, 0.3) is 5.91 Å². The van der Waals surface area contributed by atoms with Crippen molar-refractivity contribution in [3.05, 3.63) is 34.9 Å². The van der Waals surface area contributed by atoms with Crippen LogP contribution >= 0.6 is 0 Å². The lowest BCUT2D eigenvalue weighted by atomic mass is 10.0. The van der Waals surface area contributed by atoms with E-state index in [-0.39, 0.29) is 6.07 Å². The monoisotopic (exact) mass is 281 g/mol. The van der Waals surface area contributed by atoms with Crippen molar-refractivity contribution in [3.8, 4) is 11.8 Å². The molecule has 0 spiro atoms. The number of amides is 1. The number of alkyl halides is 6. The van der Waals surface area contributed by atoms with Gasteiger partial charge in [0, 0.05) is 5.56 Å². The zero-order chi connectivity index (χ0) is 14.8. The highest BCUT2D eigenvalue weighted by Crippen LogP contribution is 2.36. The van der Waals surface area contributed by atoms with Crippen LogP contribution in [0.4, 0.5) is 26.3 Å². The normalized spacial score (nSPS) is 11.7. The first kappa shape index (κ1) is 14.9. The van der Waals surface area contributed by atoms with Crippen LogP contribution in [0.15, 0.2) is 18.2 Å². The van der Waals surface area contributed by atoms with Crippen LogP contribution in [0.1, 0.15) is 16.7 Å². The number of hydrogen-bond acceptors (Lipinski definition) is 1. The van der Waals surface area contributed by atoms with Crippen molar-refractivity contribution in [2.75, 3.05) is 0 Å². The van der Waals surface area contributed by atoms with Gasteiger partial charge in [-0.25, -0.2) is 0 Å². The van der Waals surface area contributed by atoms with Crippen molar-refractivity contribution in [2.24, 2.45) is 5.73 Å². The Bertz CT molecular complexity index is 529. The molecule has 0 atom stereocenters. The summed E-state index contributed by atoms with van der Waals surface area (Å²) in [7, 11) is 0. The summed E-state index contributed by atoms with van der Waals surface area (Å²) in [4.78, 5) is 10.3. The Morgan fingerprint density at radius 2 is 1.37 bits per heavy atom. The van der Waals surface area contributed by atoms with Gasteiger partial charge in [0.05, 0.1) is 11.1 Å². The van der Waals surface area contributed by atoms with Crippen LogP contribution in [0.2, 0.25) is 0 Å². The summed E-state index contributed by atoms with van der Waals surface area (Å²) in [6.07, 6.45) is -9.91. The van der Waals surface area contributed by atoms with Gasteiger partial charge in [-0.15, -0.1) is 0 Å². The fourth-order valence-electron chi connectivity index (χ4n) is 1.16. The number of hydrogen-bond donors (Lipinski definition) is 1. The fraction of sp³-hybridized carbons (Fsp3) is 0.182. The molecule has 2 nitrogen and oxygen atoms in total. The zero-order valence-corrected chi connectivity index (χ0v) is 8.99. The largest absolute Gasteiger partial charge is 0.416 e. The van der Waals surface area contributed by atoms with Crippen molar-refractivity contribution in [2.45, 2.75) is 12.4 Å². The Morgan fingerprint density at radius 1 is 0.947 bits per heavy atom. The van der Waals surface area contributed by atoms with Crippen molar-refractivity contribution in [1.82, 2.24) is 0 Å². The van der Waals surface area contributed by atoms with Crippen LogP contribution in [0, 0.1) is 11.8 Å². The van der Waals surface area contributed by atoms with Gasteiger partial charge in [0.1, 0.15) is 0 Å². The van der Waals surface area contributed by atoms with Gasteiger partial charge in [0.2, 0.25) is 0 Å². The van der Waals surface area contributed by atoms with E-state index in [1.807, 2.05) is 5.92 Å². The molecule has 1 aromatic carbocycles. The number of rotatable bonds is 0. The standard InChI is InChI=1S/C11H5F6NO/c12-10(13,14)7-3-6(1-2-9(18)19)4-8(5-7)11(15,16)17/h3-5H,(H2,18,19). The molecule has 2 N–H and O–H groups in total. The number of carbonyl (C=O) groups excluding carboxylic acids is 1. The van der Waals surface area contributed by atoms with Crippen molar-refractivity contribution in [3.63, 3.8) is 0 Å². The number of benzene rings is 1. The Morgan fingerprint density at radius 3 is 1.68 bits per heavy atom. The van der Waals surface area contributed by atoms with Gasteiger partial charge in [-0.05, 0) is 24.1 Å². The predicted octanol–water partition coefficient (Wildman–Crippen LogP) is 2.56. The minimum absolute atomic E-state index is 0.0323. The highest BCUT2D eigenvalue weighted by molar-refractivity contribution is 5.92. The van der Waals surface area contributed by atoms with E-state index in [9.17, 15) is 31.1 Å². The molecule has 1 aromatic rings. The fourth-order valence-corrected chi connectivity index (χ4v) is 1.16. The van der Waals surface area contributed by atoms with Crippen molar-refractivity contribution in [1.29, 1.82) is 0 Å². The second kappa shape index (κ2) is 4.84. The molecule has 1 rings (SSSR count). The molecule has 0 bridgehead atoms. The van der Waals surface area contributed by atoms with E-state index in [0.717, 1.165) is 0 Å². The molecule has 19 heavy (non-hydrogen) atoms. The van der Waals surface area contributed by atoms with Crippen molar-refractivity contribution < 1.29 is 31.1 Å². The molecule has 102 valence electrons. The SMILES string of the molecule is NC(=O)C#Cc1cc(C(F)(F)F)cc(C(F)(F)F)c1. The summed E-state index contributed by atoms with van der Waals surface area (Å²) >= 11 is 0. The van der Waals surface area contributed by atoms with Crippen LogP contribution < -0.4 is 5.73 Å². The van der Waals surface area contributed by atoms with E-state index >= 15 is 0 Å². The maximum atomic E-state index is 12.4. The quantitative estimate of drug-likeness (QED) is 0.576. The number of carbonyl (C=O) groups is 1. The molecule has 0 fully saturated rings. The third-order valence-electron chi connectivity index (χ3n) is 1.92. The van der Waals surface area contributed by atoms with Crippen LogP contribution in [-0.2, 0) is 17.1 Å². The first-order valence-corrected chi connectivity index (χ1v) is 4.61. The topological polar surface area (TPSA) is 43.1 Å². The average molecular weight is 281 g/mol. The molecule has 8 heteroatoms. The van der Waals surface area contributed by atoms with Crippen LogP contribution in [-0.4, -0.2) is 5.91 Å². The van der Waals surface area contributed by atoms with Crippen LogP contribution in [0.3, 0.4) is 0 Å². The lowest BCUT2D eigenvalue weighted by Crippen LogP contribution is -2.11. The molecule has 0 saturated heterocycles. The summed E-state index contributed by atoms with van der Waals surface area (Å²) in [6, 6.07) is 0.784. The summed E-state index contributed by atoms with van der Waals surface area (Å²) in [5.74, 6) is 2.36. The Kier molecular flexibility index (Phi) is 3.79. The minimum atomic E-state index is -4.95.